The molecule has 2 atom stereocenters. The van der Waals surface area contributed by atoms with Crippen LogP contribution in [0, 0.1) is 0 Å². The van der Waals surface area contributed by atoms with Crippen molar-refractivity contribution in [3.63, 3.8) is 0 Å². The molecule has 1 saturated heterocycles. The standard InChI is InChI=1S/C13H18BrNO2/c1-15-6-7-17-13(9-15)12(16)8-10-4-2-3-5-11(10)14/h2-5,12-13,16H,6-9H2,1H3. The Morgan fingerprint density at radius 1 is 1.53 bits per heavy atom. The van der Waals surface area contributed by atoms with Crippen LogP contribution in [0.1, 0.15) is 5.56 Å². The van der Waals surface area contributed by atoms with Crippen molar-refractivity contribution in [1.29, 1.82) is 0 Å². The molecule has 2 unspecified atom stereocenters. The van der Waals surface area contributed by atoms with Crippen LogP contribution in [0.15, 0.2) is 28.7 Å². The van der Waals surface area contributed by atoms with Crippen molar-refractivity contribution in [2.24, 2.45) is 0 Å². The third-order valence-electron chi connectivity index (χ3n) is 3.11. The van der Waals surface area contributed by atoms with Crippen molar-refractivity contribution in [1.82, 2.24) is 4.90 Å². The van der Waals surface area contributed by atoms with Crippen LogP contribution >= 0.6 is 15.9 Å². The fraction of sp³-hybridized carbons (Fsp3) is 0.538. The first-order chi connectivity index (χ1) is 8.16. The van der Waals surface area contributed by atoms with Gasteiger partial charge >= 0.3 is 0 Å². The number of aliphatic hydroxyl groups is 1. The summed E-state index contributed by atoms with van der Waals surface area (Å²) in [6, 6.07) is 7.99. The lowest BCUT2D eigenvalue weighted by Crippen LogP contribution is -2.46. The molecule has 4 heteroatoms. The molecular formula is C13H18BrNO2. The minimum Gasteiger partial charge on any atom is -0.390 e. The molecule has 1 aromatic rings. The summed E-state index contributed by atoms with van der Waals surface area (Å²) in [4.78, 5) is 2.19. The highest BCUT2D eigenvalue weighted by Crippen LogP contribution is 2.19. The van der Waals surface area contributed by atoms with E-state index in [9.17, 15) is 5.11 Å². The summed E-state index contributed by atoms with van der Waals surface area (Å²) >= 11 is 3.50. The second-order valence-electron chi connectivity index (χ2n) is 4.53. The highest BCUT2D eigenvalue weighted by atomic mass is 79.9. The molecule has 1 aliphatic rings. The molecular weight excluding hydrogens is 282 g/mol. The number of ether oxygens (including phenoxy) is 1. The molecule has 1 fully saturated rings. The van der Waals surface area contributed by atoms with E-state index in [4.69, 9.17) is 4.74 Å². The molecule has 0 amide bonds. The van der Waals surface area contributed by atoms with Gasteiger partial charge in [-0.2, -0.15) is 0 Å². The molecule has 1 aromatic carbocycles. The SMILES string of the molecule is CN1CCOC(C(O)Cc2ccccc2Br)C1. The lowest BCUT2D eigenvalue weighted by atomic mass is 10.0. The molecule has 3 nitrogen and oxygen atoms in total. The van der Waals surface area contributed by atoms with Gasteiger partial charge in [-0.3, -0.25) is 0 Å². The summed E-state index contributed by atoms with van der Waals surface area (Å²) in [6.07, 6.45) is 0.0947. The highest BCUT2D eigenvalue weighted by Gasteiger charge is 2.25. The van der Waals surface area contributed by atoms with E-state index in [1.807, 2.05) is 24.3 Å². The van der Waals surface area contributed by atoms with Gasteiger partial charge < -0.3 is 14.7 Å². The third-order valence-corrected chi connectivity index (χ3v) is 3.89. The molecule has 0 bridgehead atoms. The zero-order chi connectivity index (χ0) is 12.3. The van der Waals surface area contributed by atoms with Crippen molar-refractivity contribution >= 4 is 15.9 Å². The molecule has 1 heterocycles. The molecule has 2 rings (SSSR count). The Bertz CT molecular complexity index is 372. The van der Waals surface area contributed by atoms with Gasteiger partial charge in [0.1, 0.15) is 0 Å². The van der Waals surface area contributed by atoms with E-state index in [-0.39, 0.29) is 6.10 Å². The molecule has 0 saturated carbocycles. The average molecular weight is 300 g/mol. The van der Waals surface area contributed by atoms with E-state index in [0.29, 0.717) is 13.0 Å². The summed E-state index contributed by atoms with van der Waals surface area (Å²) in [5, 5.41) is 10.2. The van der Waals surface area contributed by atoms with E-state index in [1.165, 1.54) is 0 Å². The maximum atomic E-state index is 10.2. The Kier molecular flexibility index (Phi) is 4.56. The van der Waals surface area contributed by atoms with E-state index < -0.39 is 6.10 Å². The fourth-order valence-electron chi connectivity index (χ4n) is 2.06. The first-order valence-corrected chi connectivity index (χ1v) is 6.67. The van der Waals surface area contributed by atoms with Gasteiger partial charge in [-0.05, 0) is 18.7 Å². The largest absolute Gasteiger partial charge is 0.390 e. The van der Waals surface area contributed by atoms with E-state index >= 15 is 0 Å². The van der Waals surface area contributed by atoms with Crippen LogP contribution in [0.3, 0.4) is 0 Å². The summed E-state index contributed by atoms with van der Waals surface area (Å²) < 4.78 is 6.66. The topological polar surface area (TPSA) is 32.7 Å². The Balaban J connectivity index is 1.96. The molecule has 0 spiro atoms. The number of aliphatic hydroxyl groups excluding tert-OH is 1. The number of rotatable bonds is 3. The van der Waals surface area contributed by atoms with Crippen molar-refractivity contribution in [3.05, 3.63) is 34.3 Å². The van der Waals surface area contributed by atoms with E-state index in [2.05, 4.69) is 27.9 Å². The highest BCUT2D eigenvalue weighted by molar-refractivity contribution is 9.10. The number of hydrogen-bond acceptors (Lipinski definition) is 3. The summed E-state index contributed by atoms with van der Waals surface area (Å²) in [6.45, 7) is 2.44. The molecule has 1 aliphatic heterocycles. The van der Waals surface area contributed by atoms with Gasteiger partial charge in [0.25, 0.3) is 0 Å². The number of hydrogen-bond donors (Lipinski definition) is 1. The maximum absolute atomic E-state index is 10.2. The van der Waals surface area contributed by atoms with Crippen LogP contribution in [-0.4, -0.2) is 49.0 Å². The van der Waals surface area contributed by atoms with E-state index in [0.717, 1.165) is 23.1 Å². The predicted octanol–water partition coefficient (Wildman–Crippen LogP) is 1.68. The van der Waals surface area contributed by atoms with Crippen LogP contribution in [0.25, 0.3) is 0 Å². The first-order valence-electron chi connectivity index (χ1n) is 5.88. The average Bonchev–Trinajstić information content (AvgIpc) is 2.32. The minimum atomic E-state index is -0.448. The number of morpholine rings is 1. The molecule has 0 aliphatic carbocycles. The Morgan fingerprint density at radius 3 is 3.00 bits per heavy atom. The van der Waals surface area contributed by atoms with Crippen molar-refractivity contribution < 1.29 is 9.84 Å². The summed E-state index contributed by atoms with van der Waals surface area (Å²) in [5.41, 5.74) is 1.12. The van der Waals surface area contributed by atoms with Crippen LogP contribution in [-0.2, 0) is 11.2 Å². The Morgan fingerprint density at radius 2 is 2.29 bits per heavy atom. The lowest BCUT2D eigenvalue weighted by Gasteiger charge is -2.33. The maximum Gasteiger partial charge on any atom is 0.0964 e. The van der Waals surface area contributed by atoms with Crippen molar-refractivity contribution in [2.75, 3.05) is 26.7 Å². The monoisotopic (exact) mass is 299 g/mol. The van der Waals surface area contributed by atoms with Crippen LogP contribution in [0.4, 0.5) is 0 Å². The predicted molar refractivity (Wildman–Crippen MR) is 71.1 cm³/mol. The second-order valence-corrected chi connectivity index (χ2v) is 5.39. The van der Waals surface area contributed by atoms with Crippen LogP contribution in [0.2, 0.25) is 0 Å². The number of nitrogens with zero attached hydrogens (tertiary/aromatic N) is 1. The zero-order valence-corrected chi connectivity index (χ0v) is 11.6. The Hall–Kier alpha value is -0.420. The second kappa shape index (κ2) is 5.96. The zero-order valence-electron chi connectivity index (χ0n) is 9.97. The van der Waals surface area contributed by atoms with Gasteiger partial charge in [-0.15, -0.1) is 0 Å². The van der Waals surface area contributed by atoms with Crippen molar-refractivity contribution in [2.45, 2.75) is 18.6 Å². The molecule has 1 N–H and O–H groups in total. The molecule has 0 radical (unpaired) electrons. The van der Waals surface area contributed by atoms with Crippen LogP contribution < -0.4 is 0 Å². The third kappa shape index (κ3) is 3.52. The van der Waals surface area contributed by atoms with Gasteiger partial charge in [0.05, 0.1) is 18.8 Å². The summed E-state index contributed by atoms with van der Waals surface area (Å²) in [5.74, 6) is 0. The molecule has 94 valence electrons. The van der Waals surface area contributed by atoms with Gasteiger partial charge in [0, 0.05) is 24.0 Å². The van der Waals surface area contributed by atoms with Gasteiger partial charge in [0.15, 0.2) is 0 Å². The molecule has 0 aromatic heterocycles. The van der Waals surface area contributed by atoms with Gasteiger partial charge in [-0.25, -0.2) is 0 Å². The smallest absolute Gasteiger partial charge is 0.0964 e. The number of benzene rings is 1. The number of halogens is 1. The van der Waals surface area contributed by atoms with E-state index in [1.54, 1.807) is 0 Å². The normalized spacial score (nSPS) is 23.6. The summed E-state index contributed by atoms with van der Waals surface area (Å²) in [7, 11) is 2.06. The fourth-order valence-corrected chi connectivity index (χ4v) is 2.51. The number of likely N-dealkylation sites (N-methyl/N-ethyl adjacent to an activating group) is 1. The molecule has 17 heavy (non-hydrogen) atoms. The lowest BCUT2D eigenvalue weighted by molar-refractivity contribution is -0.0823. The minimum absolute atomic E-state index is 0.0825. The van der Waals surface area contributed by atoms with Gasteiger partial charge in [-0.1, -0.05) is 34.1 Å². The Labute approximate surface area is 111 Å². The quantitative estimate of drug-likeness (QED) is 0.922. The first kappa shape index (κ1) is 13.0. The van der Waals surface area contributed by atoms with Crippen molar-refractivity contribution in [3.8, 4) is 0 Å². The van der Waals surface area contributed by atoms with Gasteiger partial charge in [0.2, 0.25) is 0 Å². The van der Waals surface area contributed by atoms with Crippen LogP contribution in [0.5, 0.6) is 0 Å².